The summed E-state index contributed by atoms with van der Waals surface area (Å²) in [6.45, 7) is 11.0. The lowest BCUT2D eigenvalue weighted by Crippen LogP contribution is -2.48. The van der Waals surface area contributed by atoms with Crippen LogP contribution < -0.4 is 10.6 Å². The molecule has 1 fully saturated rings. The smallest absolute Gasteiger partial charge is 0.408 e. The van der Waals surface area contributed by atoms with Crippen molar-refractivity contribution in [3.05, 3.63) is 35.9 Å². The van der Waals surface area contributed by atoms with E-state index in [0.717, 1.165) is 5.56 Å². The van der Waals surface area contributed by atoms with Gasteiger partial charge in [-0.1, -0.05) is 57.0 Å². The van der Waals surface area contributed by atoms with Gasteiger partial charge in [-0.2, -0.15) is 0 Å². The second kappa shape index (κ2) is 8.22. The van der Waals surface area contributed by atoms with Gasteiger partial charge in [0.15, 0.2) is 0 Å². The van der Waals surface area contributed by atoms with Gasteiger partial charge in [-0.25, -0.2) is 4.79 Å². The predicted octanol–water partition coefficient (Wildman–Crippen LogP) is 4.81. The highest BCUT2D eigenvalue weighted by Crippen LogP contribution is 2.35. The molecule has 0 radical (unpaired) electrons. The lowest BCUT2D eigenvalue weighted by molar-refractivity contribution is 0.0499. The van der Waals surface area contributed by atoms with Gasteiger partial charge in [0.05, 0.1) is 6.04 Å². The molecule has 1 aliphatic rings. The standard InChI is InChI=1S/C21H34N2O2/c1-20(2,3)25-19(24)23-17(16-11-7-6-8-12-16)15-22-18-13-9-10-14-21(18,4)5/h6-8,11-12,17-18,22H,9-10,13-15H2,1-5H3,(H,23,24). The number of amides is 1. The summed E-state index contributed by atoms with van der Waals surface area (Å²) in [5.41, 5.74) is 0.893. The van der Waals surface area contributed by atoms with Gasteiger partial charge in [-0.05, 0) is 44.6 Å². The number of hydrogen-bond acceptors (Lipinski definition) is 3. The predicted molar refractivity (Wildman–Crippen MR) is 103 cm³/mol. The van der Waals surface area contributed by atoms with Crippen molar-refractivity contribution in [2.75, 3.05) is 6.54 Å². The number of nitrogens with one attached hydrogen (secondary N) is 2. The fourth-order valence-corrected chi connectivity index (χ4v) is 3.52. The zero-order valence-corrected chi connectivity index (χ0v) is 16.4. The summed E-state index contributed by atoms with van der Waals surface area (Å²) in [7, 11) is 0. The molecule has 2 unspecified atom stereocenters. The molecule has 0 aromatic heterocycles. The second-order valence-electron chi connectivity index (χ2n) is 8.80. The zero-order valence-electron chi connectivity index (χ0n) is 16.4. The van der Waals surface area contributed by atoms with Gasteiger partial charge in [0, 0.05) is 12.6 Å². The van der Waals surface area contributed by atoms with Crippen molar-refractivity contribution in [3.8, 4) is 0 Å². The van der Waals surface area contributed by atoms with E-state index in [1.807, 2.05) is 39.0 Å². The van der Waals surface area contributed by atoms with E-state index in [0.29, 0.717) is 18.0 Å². The summed E-state index contributed by atoms with van der Waals surface area (Å²) in [6, 6.07) is 10.5. The van der Waals surface area contributed by atoms with E-state index < -0.39 is 5.60 Å². The minimum absolute atomic E-state index is 0.103. The molecule has 0 bridgehead atoms. The van der Waals surface area contributed by atoms with Crippen LogP contribution in [-0.4, -0.2) is 24.3 Å². The Morgan fingerprint density at radius 2 is 1.92 bits per heavy atom. The average molecular weight is 347 g/mol. The number of rotatable bonds is 5. The van der Waals surface area contributed by atoms with Crippen LogP contribution in [0.25, 0.3) is 0 Å². The van der Waals surface area contributed by atoms with Gasteiger partial charge in [-0.3, -0.25) is 0 Å². The average Bonchev–Trinajstić information content (AvgIpc) is 2.51. The highest BCUT2D eigenvalue weighted by Gasteiger charge is 2.32. The number of carbonyl (C=O) groups is 1. The summed E-state index contributed by atoms with van der Waals surface area (Å²) in [5, 5.41) is 6.74. The van der Waals surface area contributed by atoms with Gasteiger partial charge in [-0.15, -0.1) is 0 Å². The first-order valence-electron chi connectivity index (χ1n) is 9.45. The lowest BCUT2D eigenvalue weighted by atomic mass is 9.73. The first kappa shape index (κ1) is 19.8. The van der Waals surface area contributed by atoms with Crippen LogP contribution in [0.15, 0.2) is 30.3 Å². The molecule has 2 N–H and O–H groups in total. The van der Waals surface area contributed by atoms with E-state index in [1.165, 1.54) is 25.7 Å². The van der Waals surface area contributed by atoms with E-state index in [2.05, 4.69) is 36.6 Å². The molecule has 140 valence electrons. The summed E-state index contributed by atoms with van der Waals surface area (Å²) in [6.07, 6.45) is 4.66. The van der Waals surface area contributed by atoms with Crippen LogP contribution >= 0.6 is 0 Å². The normalized spacial score (nSPS) is 21.4. The molecule has 2 rings (SSSR count). The third-order valence-corrected chi connectivity index (χ3v) is 4.97. The van der Waals surface area contributed by atoms with Crippen LogP contribution in [0.4, 0.5) is 4.79 Å². The molecular weight excluding hydrogens is 312 g/mol. The maximum atomic E-state index is 12.3. The highest BCUT2D eigenvalue weighted by molar-refractivity contribution is 5.68. The highest BCUT2D eigenvalue weighted by atomic mass is 16.6. The molecule has 0 aliphatic heterocycles. The topological polar surface area (TPSA) is 50.4 Å². The van der Waals surface area contributed by atoms with Crippen molar-refractivity contribution in [3.63, 3.8) is 0 Å². The van der Waals surface area contributed by atoms with Gasteiger partial charge in [0.25, 0.3) is 0 Å². The van der Waals surface area contributed by atoms with Crippen molar-refractivity contribution in [2.45, 2.75) is 78.0 Å². The number of carbonyl (C=O) groups excluding carboxylic acids is 1. The van der Waals surface area contributed by atoms with Crippen molar-refractivity contribution in [1.82, 2.24) is 10.6 Å². The van der Waals surface area contributed by atoms with Gasteiger partial charge in [0.2, 0.25) is 0 Å². The summed E-state index contributed by atoms with van der Waals surface area (Å²) in [4.78, 5) is 12.3. The number of benzene rings is 1. The largest absolute Gasteiger partial charge is 0.444 e. The maximum Gasteiger partial charge on any atom is 0.408 e. The summed E-state index contributed by atoms with van der Waals surface area (Å²) >= 11 is 0. The number of ether oxygens (including phenoxy) is 1. The van der Waals surface area contributed by atoms with E-state index in [-0.39, 0.29) is 12.1 Å². The molecule has 4 nitrogen and oxygen atoms in total. The molecule has 1 aliphatic carbocycles. The Morgan fingerprint density at radius 1 is 1.24 bits per heavy atom. The van der Waals surface area contributed by atoms with Crippen LogP contribution in [0.2, 0.25) is 0 Å². The van der Waals surface area contributed by atoms with Crippen molar-refractivity contribution < 1.29 is 9.53 Å². The van der Waals surface area contributed by atoms with Gasteiger partial charge in [0.1, 0.15) is 5.60 Å². The van der Waals surface area contributed by atoms with Gasteiger partial charge >= 0.3 is 6.09 Å². The molecule has 0 spiro atoms. The van der Waals surface area contributed by atoms with Gasteiger partial charge < -0.3 is 15.4 Å². The second-order valence-corrected chi connectivity index (χ2v) is 8.80. The Balaban J connectivity index is 2.03. The van der Waals surface area contributed by atoms with E-state index in [4.69, 9.17) is 4.74 Å². The van der Waals surface area contributed by atoms with Crippen LogP contribution in [0.3, 0.4) is 0 Å². The minimum atomic E-state index is -0.496. The summed E-state index contributed by atoms with van der Waals surface area (Å²) < 4.78 is 5.44. The van der Waals surface area contributed by atoms with Crippen LogP contribution in [0.5, 0.6) is 0 Å². The third kappa shape index (κ3) is 6.35. The fraction of sp³-hybridized carbons (Fsp3) is 0.667. The van der Waals surface area contributed by atoms with E-state index in [1.54, 1.807) is 0 Å². The molecule has 0 heterocycles. The number of alkyl carbamates (subject to hydrolysis) is 1. The Morgan fingerprint density at radius 3 is 2.52 bits per heavy atom. The third-order valence-electron chi connectivity index (χ3n) is 4.97. The molecule has 1 aromatic rings. The monoisotopic (exact) mass is 346 g/mol. The fourth-order valence-electron chi connectivity index (χ4n) is 3.52. The Bertz CT molecular complexity index is 549. The quantitative estimate of drug-likeness (QED) is 0.804. The van der Waals surface area contributed by atoms with Crippen molar-refractivity contribution in [1.29, 1.82) is 0 Å². The van der Waals surface area contributed by atoms with Crippen molar-refractivity contribution in [2.24, 2.45) is 5.41 Å². The van der Waals surface area contributed by atoms with Crippen LogP contribution in [-0.2, 0) is 4.74 Å². The molecule has 1 amide bonds. The molecule has 0 saturated heterocycles. The van der Waals surface area contributed by atoms with Crippen LogP contribution in [0, 0.1) is 5.41 Å². The zero-order chi connectivity index (χ0) is 18.5. The molecule has 1 aromatic carbocycles. The lowest BCUT2D eigenvalue weighted by Gasteiger charge is -2.40. The molecule has 2 atom stereocenters. The Hall–Kier alpha value is -1.55. The van der Waals surface area contributed by atoms with Crippen LogP contribution in [0.1, 0.15) is 71.9 Å². The SMILES string of the molecule is CC(C)(C)OC(=O)NC(CNC1CCCCC1(C)C)c1ccccc1. The first-order chi connectivity index (χ1) is 11.7. The summed E-state index contributed by atoms with van der Waals surface area (Å²) in [5.74, 6) is 0. The number of hydrogen-bond donors (Lipinski definition) is 2. The maximum absolute atomic E-state index is 12.3. The van der Waals surface area contributed by atoms with Crippen molar-refractivity contribution >= 4 is 6.09 Å². The Labute approximate surface area is 152 Å². The molecule has 4 heteroatoms. The molecular formula is C21H34N2O2. The molecule has 25 heavy (non-hydrogen) atoms. The van der Waals surface area contributed by atoms with E-state index in [9.17, 15) is 4.79 Å². The minimum Gasteiger partial charge on any atom is -0.444 e. The first-order valence-corrected chi connectivity index (χ1v) is 9.45. The Kier molecular flexibility index (Phi) is 6.50. The van der Waals surface area contributed by atoms with E-state index >= 15 is 0 Å². The molecule has 1 saturated carbocycles.